The molecule has 0 spiro atoms. The van der Waals surface area contributed by atoms with Crippen molar-refractivity contribution in [2.45, 2.75) is 32.9 Å². The molecule has 0 bridgehead atoms. The zero-order valence-electron chi connectivity index (χ0n) is 18.4. The highest BCUT2D eigenvalue weighted by molar-refractivity contribution is 14.0. The quantitative estimate of drug-likeness (QED) is 0.339. The molecule has 0 aliphatic carbocycles. The monoisotopic (exact) mass is 527 g/mol. The second kappa shape index (κ2) is 12.1. The summed E-state index contributed by atoms with van der Waals surface area (Å²) in [5.74, 6) is 2.44. The molecule has 1 aliphatic rings. The first-order valence-corrected chi connectivity index (χ1v) is 10.3. The van der Waals surface area contributed by atoms with E-state index < -0.39 is 0 Å². The van der Waals surface area contributed by atoms with Gasteiger partial charge in [-0.3, -0.25) is 9.67 Å². The number of benzene rings is 1. The highest BCUT2D eigenvalue weighted by Crippen LogP contribution is 2.22. The third-order valence-electron chi connectivity index (χ3n) is 5.04. The van der Waals surface area contributed by atoms with Gasteiger partial charge in [-0.2, -0.15) is 5.10 Å². The van der Waals surface area contributed by atoms with Crippen LogP contribution in [0.3, 0.4) is 0 Å². The van der Waals surface area contributed by atoms with Crippen molar-refractivity contribution in [1.82, 2.24) is 20.0 Å². The maximum atomic E-state index is 6.01. The van der Waals surface area contributed by atoms with Crippen molar-refractivity contribution in [2.75, 3.05) is 33.4 Å². The molecule has 1 N–H and O–H groups in total. The van der Waals surface area contributed by atoms with Crippen LogP contribution in [-0.4, -0.2) is 54.0 Å². The average Bonchev–Trinajstić information content (AvgIpc) is 3.16. The van der Waals surface area contributed by atoms with Gasteiger partial charge in [0.2, 0.25) is 0 Å². The summed E-state index contributed by atoms with van der Waals surface area (Å²) in [4.78, 5) is 6.73. The van der Waals surface area contributed by atoms with Crippen LogP contribution in [0.2, 0.25) is 0 Å². The van der Waals surface area contributed by atoms with Crippen LogP contribution >= 0.6 is 24.0 Å². The summed E-state index contributed by atoms with van der Waals surface area (Å²) in [6, 6.07) is 8.20. The third-order valence-corrected chi connectivity index (χ3v) is 5.04. The summed E-state index contributed by atoms with van der Waals surface area (Å²) in [5, 5.41) is 7.75. The molecule has 7 nitrogen and oxygen atoms in total. The van der Waals surface area contributed by atoms with Crippen LogP contribution in [0.1, 0.15) is 37.5 Å². The summed E-state index contributed by atoms with van der Waals surface area (Å²) in [6.45, 7) is 8.04. The van der Waals surface area contributed by atoms with Crippen LogP contribution in [-0.2, 0) is 18.3 Å². The Morgan fingerprint density at radius 1 is 1.37 bits per heavy atom. The topological polar surface area (TPSA) is 63.9 Å². The Hall–Kier alpha value is -1.81. The standard InChI is InChI=1S/C22H33N5O2.HI/c1-17(2)9-11-28-20-8-6-5-7-18(20)13-24-22(23-3)27-10-12-29-21(16-27)19-14-25-26(4)15-19;/h5-8,14-15,17,21H,9-13,16H2,1-4H3,(H,23,24);1H. The van der Waals surface area contributed by atoms with Crippen molar-refractivity contribution < 1.29 is 9.47 Å². The number of morpholine rings is 1. The second-order valence-electron chi connectivity index (χ2n) is 7.79. The Kier molecular flexibility index (Phi) is 9.90. The maximum absolute atomic E-state index is 6.01. The van der Waals surface area contributed by atoms with Gasteiger partial charge in [-0.15, -0.1) is 24.0 Å². The first-order valence-electron chi connectivity index (χ1n) is 10.3. The van der Waals surface area contributed by atoms with Gasteiger partial charge in [0.25, 0.3) is 0 Å². The molecule has 8 heteroatoms. The Morgan fingerprint density at radius 2 is 2.17 bits per heavy atom. The van der Waals surface area contributed by atoms with E-state index in [0.29, 0.717) is 19.1 Å². The molecular formula is C22H34IN5O2. The fourth-order valence-corrected chi connectivity index (χ4v) is 3.35. The zero-order valence-corrected chi connectivity index (χ0v) is 20.7. The average molecular weight is 527 g/mol. The van der Waals surface area contributed by atoms with Gasteiger partial charge in [-0.05, 0) is 18.4 Å². The van der Waals surface area contributed by atoms with E-state index in [1.807, 2.05) is 44.7 Å². The molecule has 2 aromatic rings. The van der Waals surface area contributed by atoms with Gasteiger partial charge in [0.1, 0.15) is 11.9 Å². The molecule has 1 fully saturated rings. The van der Waals surface area contributed by atoms with Crippen molar-refractivity contribution in [2.24, 2.45) is 18.0 Å². The molecule has 2 heterocycles. The van der Waals surface area contributed by atoms with E-state index in [1.54, 1.807) is 4.68 Å². The summed E-state index contributed by atoms with van der Waals surface area (Å²) in [5.41, 5.74) is 2.23. The first-order chi connectivity index (χ1) is 14.1. The lowest BCUT2D eigenvalue weighted by molar-refractivity contribution is -0.00805. The van der Waals surface area contributed by atoms with Crippen molar-refractivity contribution in [3.8, 4) is 5.75 Å². The van der Waals surface area contributed by atoms with Gasteiger partial charge in [-0.1, -0.05) is 32.0 Å². The number of rotatable bonds is 7. The van der Waals surface area contributed by atoms with E-state index in [4.69, 9.17) is 9.47 Å². The normalized spacial score (nSPS) is 17.0. The van der Waals surface area contributed by atoms with Gasteiger partial charge in [0.05, 0.1) is 26.0 Å². The van der Waals surface area contributed by atoms with E-state index >= 15 is 0 Å². The molecule has 1 saturated heterocycles. The Labute approximate surface area is 196 Å². The molecular weight excluding hydrogens is 493 g/mol. The highest BCUT2D eigenvalue weighted by atomic mass is 127. The van der Waals surface area contributed by atoms with E-state index in [1.165, 1.54) is 0 Å². The number of para-hydroxylation sites is 1. The number of hydrogen-bond donors (Lipinski definition) is 1. The summed E-state index contributed by atoms with van der Waals surface area (Å²) in [6.07, 6.45) is 4.93. The number of ether oxygens (including phenoxy) is 2. The van der Waals surface area contributed by atoms with Crippen molar-refractivity contribution in [1.29, 1.82) is 0 Å². The number of aliphatic imine (C=N–C) groups is 1. The summed E-state index contributed by atoms with van der Waals surface area (Å²) >= 11 is 0. The van der Waals surface area contributed by atoms with Gasteiger partial charge in [0, 0.05) is 44.5 Å². The number of nitrogens with zero attached hydrogens (tertiary/aromatic N) is 4. The lowest BCUT2D eigenvalue weighted by Gasteiger charge is -2.34. The number of halogens is 1. The second-order valence-corrected chi connectivity index (χ2v) is 7.79. The predicted molar refractivity (Wildman–Crippen MR) is 130 cm³/mol. The van der Waals surface area contributed by atoms with Crippen LogP contribution in [0.15, 0.2) is 41.7 Å². The molecule has 1 aromatic carbocycles. The van der Waals surface area contributed by atoms with Gasteiger partial charge in [0.15, 0.2) is 5.96 Å². The molecule has 0 saturated carbocycles. The maximum Gasteiger partial charge on any atom is 0.194 e. The number of hydrogen-bond acceptors (Lipinski definition) is 4. The minimum absolute atomic E-state index is 0. The molecule has 3 rings (SSSR count). The molecule has 0 amide bonds. The molecule has 1 atom stereocenters. The number of aromatic nitrogens is 2. The van der Waals surface area contributed by atoms with Crippen LogP contribution in [0.25, 0.3) is 0 Å². The Bertz CT molecular complexity index is 808. The number of aryl methyl sites for hydroxylation is 1. The lowest BCUT2D eigenvalue weighted by Crippen LogP contribution is -2.47. The van der Waals surface area contributed by atoms with Crippen LogP contribution in [0.5, 0.6) is 5.75 Å². The molecule has 1 unspecified atom stereocenters. The molecule has 166 valence electrons. The summed E-state index contributed by atoms with van der Waals surface area (Å²) < 4.78 is 13.8. The SMILES string of the molecule is CN=C(NCc1ccccc1OCCC(C)C)N1CCOC(c2cnn(C)c2)C1.I. The largest absolute Gasteiger partial charge is 0.493 e. The zero-order chi connectivity index (χ0) is 20.6. The molecule has 0 radical (unpaired) electrons. The van der Waals surface area contributed by atoms with Crippen LogP contribution in [0, 0.1) is 5.92 Å². The predicted octanol–water partition coefficient (Wildman–Crippen LogP) is 3.61. The molecule has 1 aromatic heterocycles. The molecule has 1 aliphatic heterocycles. The smallest absolute Gasteiger partial charge is 0.194 e. The highest BCUT2D eigenvalue weighted by Gasteiger charge is 2.25. The van der Waals surface area contributed by atoms with Crippen molar-refractivity contribution >= 4 is 29.9 Å². The van der Waals surface area contributed by atoms with Crippen molar-refractivity contribution in [3.05, 3.63) is 47.8 Å². The van der Waals surface area contributed by atoms with Gasteiger partial charge >= 0.3 is 0 Å². The third kappa shape index (κ3) is 6.87. The number of nitrogens with one attached hydrogen (secondary N) is 1. The number of guanidine groups is 1. The van der Waals surface area contributed by atoms with Crippen LogP contribution in [0.4, 0.5) is 0 Å². The Morgan fingerprint density at radius 3 is 2.87 bits per heavy atom. The van der Waals surface area contributed by atoms with E-state index in [0.717, 1.165) is 49.0 Å². The minimum atomic E-state index is 0. The Balaban J connectivity index is 0.00000320. The lowest BCUT2D eigenvalue weighted by atomic mass is 10.1. The van der Waals surface area contributed by atoms with Gasteiger partial charge in [-0.25, -0.2) is 0 Å². The van der Waals surface area contributed by atoms with E-state index in [2.05, 4.69) is 40.2 Å². The van der Waals surface area contributed by atoms with Gasteiger partial charge < -0.3 is 19.7 Å². The first kappa shape index (κ1) is 24.5. The summed E-state index contributed by atoms with van der Waals surface area (Å²) in [7, 11) is 3.74. The van der Waals surface area contributed by atoms with Crippen molar-refractivity contribution in [3.63, 3.8) is 0 Å². The van der Waals surface area contributed by atoms with E-state index in [-0.39, 0.29) is 30.1 Å². The minimum Gasteiger partial charge on any atom is -0.493 e. The van der Waals surface area contributed by atoms with E-state index in [9.17, 15) is 0 Å². The fraction of sp³-hybridized carbons (Fsp3) is 0.545. The fourth-order valence-electron chi connectivity index (χ4n) is 3.35. The van der Waals surface area contributed by atoms with Crippen LogP contribution < -0.4 is 10.1 Å². The molecule has 30 heavy (non-hydrogen) atoms.